The normalized spacial score (nSPS) is 11.5. The molecule has 2 aromatic heterocycles. The van der Waals surface area contributed by atoms with Crippen LogP contribution in [0.15, 0.2) is 18.3 Å². The highest BCUT2D eigenvalue weighted by molar-refractivity contribution is 6.29. The molecule has 0 aliphatic carbocycles. The van der Waals surface area contributed by atoms with Gasteiger partial charge in [-0.1, -0.05) is 11.6 Å². The maximum absolute atomic E-state index is 13.6. The summed E-state index contributed by atoms with van der Waals surface area (Å²) in [5, 5.41) is 5.07. The number of anilines is 1. The summed E-state index contributed by atoms with van der Waals surface area (Å²) in [4.78, 5) is 15.2. The molecule has 0 aliphatic heterocycles. The van der Waals surface area contributed by atoms with Gasteiger partial charge < -0.3 is 5.32 Å². The van der Waals surface area contributed by atoms with Crippen LogP contribution in [0.5, 0.6) is 0 Å². The van der Waals surface area contributed by atoms with Crippen LogP contribution < -0.4 is 5.32 Å². The molecule has 118 valence electrons. The van der Waals surface area contributed by atoms with E-state index in [1.165, 1.54) is 19.2 Å². The average Bonchev–Trinajstić information content (AvgIpc) is 2.76. The molecule has 0 atom stereocenters. The van der Waals surface area contributed by atoms with Crippen LogP contribution in [0.3, 0.4) is 0 Å². The molecule has 0 unspecified atom stereocenters. The highest BCUT2D eigenvalue weighted by Crippen LogP contribution is 2.28. The third-order valence-corrected chi connectivity index (χ3v) is 2.95. The van der Waals surface area contributed by atoms with Gasteiger partial charge in [-0.3, -0.25) is 9.48 Å². The fraction of sp³-hybridized carbons (Fsp3) is 0.250. The monoisotopic (exact) mass is 336 g/mol. The minimum Gasteiger partial charge on any atom is -0.322 e. The van der Waals surface area contributed by atoms with Crippen LogP contribution in [0.1, 0.15) is 11.4 Å². The van der Waals surface area contributed by atoms with Gasteiger partial charge >= 0.3 is 6.18 Å². The van der Waals surface area contributed by atoms with Crippen LogP contribution in [0.2, 0.25) is 5.15 Å². The predicted molar refractivity (Wildman–Crippen MR) is 69.8 cm³/mol. The van der Waals surface area contributed by atoms with Crippen LogP contribution in [-0.4, -0.2) is 20.7 Å². The van der Waals surface area contributed by atoms with Gasteiger partial charge in [-0.25, -0.2) is 9.37 Å². The molecular weight excluding hydrogens is 328 g/mol. The molecule has 0 fully saturated rings. The lowest BCUT2D eigenvalue weighted by Gasteiger charge is -2.08. The molecule has 0 bridgehead atoms. The van der Waals surface area contributed by atoms with Crippen molar-refractivity contribution in [2.75, 3.05) is 5.32 Å². The number of rotatable bonds is 3. The number of nitrogens with one attached hydrogen (secondary N) is 1. The average molecular weight is 337 g/mol. The molecule has 0 saturated heterocycles. The van der Waals surface area contributed by atoms with Crippen LogP contribution in [-0.2, 0) is 17.5 Å². The van der Waals surface area contributed by atoms with Crippen LogP contribution >= 0.6 is 11.6 Å². The Bertz CT molecular complexity index is 714. The number of alkyl halides is 3. The number of carbonyl (C=O) groups excluding carboxylic acids is 1. The number of aryl methyl sites for hydroxylation is 1. The van der Waals surface area contributed by atoms with Gasteiger partial charge in [0.05, 0.1) is 5.69 Å². The number of aromatic nitrogens is 3. The van der Waals surface area contributed by atoms with Crippen LogP contribution in [0.4, 0.5) is 23.2 Å². The highest BCUT2D eigenvalue weighted by atomic mass is 35.5. The van der Waals surface area contributed by atoms with E-state index in [1.807, 2.05) is 0 Å². The summed E-state index contributed by atoms with van der Waals surface area (Å²) in [6, 6.07) is 1.99. The smallest absolute Gasteiger partial charge is 0.322 e. The number of halogens is 5. The lowest BCUT2D eigenvalue weighted by atomic mass is 10.3. The Balaban J connectivity index is 2.13. The summed E-state index contributed by atoms with van der Waals surface area (Å²) in [5.74, 6) is -1.67. The van der Waals surface area contributed by atoms with Gasteiger partial charge in [-0.2, -0.15) is 18.3 Å². The molecule has 10 heteroatoms. The third-order valence-electron chi connectivity index (χ3n) is 2.69. The second-order valence-electron chi connectivity index (χ2n) is 4.34. The fourth-order valence-electron chi connectivity index (χ4n) is 1.65. The number of amides is 1. The van der Waals surface area contributed by atoms with Crippen LogP contribution in [0.25, 0.3) is 0 Å². The molecule has 5 nitrogen and oxygen atoms in total. The molecule has 2 heterocycles. The Labute approximate surface area is 126 Å². The van der Waals surface area contributed by atoms with Crippen molar-refractivity contribution in [3.63, 3.8) is 0 Å². The Kier molecular flexibility index (Phi) is 4.36. The van der Waals surface area contributed by atoms with Gasteiger partial charge in [-0.05, 0) is 19.1 Å². The first kappa shape index (κ1) is 16.2. The fourth-order valence-corrected chi connectivity index (χ4v) is 1.81. The number of carbonyl (C=O) groups is 1. The second kappa shape index (κ2) is 5.91. The van der Waals surface area contributed by atoms with E-state index in [9.17, 15) is 22.4 Å². The van der Waals surface area contributed by atoms with E-state index in [-0.39, 0.29) is 11.4 Å². The molecule has 0 aliphatic rings. The van der Waals surface area contributed by atoms with Gasteiger partial charge in [-0.15, -0.1) is 0 Å². The lowest BCUT2D eigenvalue weighted by molar-refractivity contribution is -0.141. The predicted octanol–water partition coefficient (Wildman–Crippen LogP) is 3.04. The topological polar surface area (TPSA) is 59.8 Å². The van der Waals surface area contributed by atoms with E-state index in [0.717, 1.165) is 10.7 Å². The first-order valence-corrected chi connectivity index (χ1v) is 6.28. The second-order valence-corrected chi connectivity index (χ2v) is 4.70. The van der Waals surface area contributed by atoms with Gasteiger partial charge in [0.2, 0.25) is 5.91 Å². The molecular formula is C12H9ClF4N4O. The van der Waals surface area contributed by atoms with Crippen molar-refractivity contribution in [3.8, 4) is 0 Å². The van der Waals surface area contributed by atoms with Crippen molar-refractivity contribution in [1.82, 2.24) is 14.8 Å². The summed E-state index contributed by atoms with van der Waals surface area (Å²) < 4.78 is 52.0. The van der Waals surface area contributed by atoms with Crippen molar-refractivity contribution in [3.05, 3.63) is 40.7 Å². The summed E-state index contributed by atoms with van der Waals surface area (Å²) in [5.41, 5.74) is -1.17. The molecule has 1 amide bonds. The Morgan fingerprint density at radius 3 is 2.73 bits per heavy atom. The van der Waals surface area contributed by atoms with E-state index >= 15 is 0 Å². The first-order valence-electron chi connectivity index (χ1n) is 5.90. The van der Waals surface area contributed by atoms with Crippen LogP contribution in [0, 0.1) is 12.7 Å². The number of pyridine rings is 1. The van der Waals surface area contributed by atoms with Crippen molar-refractivity contribution < 1.29 is 22.4 Å². The third kappa shape index (κ3) is 3.53. The Hall–Kier alpha value is -2.16. The highest BCUT2D eigenvalue weighted by Gasteiger charge is 2.34. The van der Waals surface area contributed by atoms with Crippen molar-refractivity contribution >= 4 is 23.2 Å². The van der Waals surface area contributed by atoms with E-state index in [0.29, 0.717) is 0 Å². The van der Waals surface area contributed by atoms with Crippen molar-refractivity contribution in [1.29, 1.82) is 0 Å². The number of hydrogen-bond acceptors (Lipinski definition) is 3. The van der Waals surface area contributed by atoms with E-state index in [1.54, 1.807) is 0 Å². The first-order chi connectivity index (χ1) is 10.2. The number of nitrogens with zero attached hydrogens (tertiary/aromatic N) is 3. The zero-order chi connectivity index (χ0) is 16.5. The number of hydrogen-bond donors (Lipinski definition) is 1. The van der Waals surface area contributed by atoms with Gasteiger partial charge in [0.1, 0.15) is 6.54 Å². The minimum absolute atomic E-state index is 0.149. The zero-order valence-corrected chi connectivity index (χ0v) is 11.8. The summed E-state index contributed by atoms with van der Waals surface area (Å²) >= 11 is 5.46. The summed E-state index contributed by atoms with van der Waals surface area (Å²) in [6.45, 7) is 0.876. The SMILES string of the molecule is Cc1cc(C(F)(F)F)nn1CC(=O)Nc1ccnc(Cl)c1F. The maximum Gasteiger partial charge on any atom is 0.435 e. The molecule has 2 aromatic rings. The molecule has 0 radical (unpaired) electrons. The zero-order valence-electron chi connectivity index (χ0n) is 11.1. The quantitative estimate of drug-likeness (QED) is 0.692. The molecule has 22 heavy (non-hydrogen) atoms. The lowest BCUT2D eigenvalue weighted by Crippen LogP contribution is -2.21. The molecule has 0 aromatic carbocycles. The standard InChI is InChI=1S/C12H9ClF4N4O/c1-6-4-8(12(15,16)17)20-21(6)5-9(22)19-7-2-3-18-11(13)10(7)14/h2-4H,5H2,1H3,(H,18,19,22). The Morgan fingerprint density at radius 1 is 1.45 bits per heavy atom. The van der Waals surface area contributed by atoms with Gasteiger partial charge in [0, 0.05) is 11.9 Å². The Morgan fingerprint density at radius 2 is 2.14 bits per heavy atom. The molecule has 0 spiro atoms. The summed E-state index contributed by atoms with van der Waals surface area (Å²) in [7, 11) is 0. The minimum atomic E-state index is -4.60. The molecule has 2 rings (SSSR count). The maximum atomic E-state index is 13.6. The van der Waals surface area contributed by atoms with Gasteiger partial charge in [0.15, 0.2) is 16.7 Å². The van der Waals surface area contributed by atoms with E-state index in [4.69, 9.17) is 11.6 Å². The largest absolute Gasteiger partial charge is 0.435 e. The van der Waals surface area contributed by atoms with Crippen molar-refractivity contribution in [2.24, 2.45) is 0 Å². The molecule has 1 N–H and O–H groups in total. The van der Waals surface area contributed by atoms with E-state index in [2.05, 4.69) is 15.4 Å². The molecule has 0 saturated carbocycles. The van der Waals surface area contributed by atoms with E-state index < -0.39 is 35.3 Å². The summed E-state index contributed by atoms with van der Waals surface area (Å²) in [6.07, 6.45) is -3.42. The van der Waals surface area contributed by atoms with Crippen molar-refractivity contribution in [2.45, 2.75) is 19.6 Å². The van der Waals surface area contributed by atoms with Gasteiger partial charge in [0.25, 0.3) is 0 Å².